The van der Waals surface area contributed by atoms with Crippen LogP contribution in [-0.2, 0) is 6.42 Å². The van der Waals surface area contributed by atoms with Crippen LogP contribution in [0.25, 0.3) is 10.9 Å². The Kier molecular flexibility index (Phi) is 3.78. The summed E-state index contributed by atoms with van der Waals surface area (Å²) in [5.74, 6) is 0.642. The highest BCUT2D eigenvalue weighted by Crippen LogP contribution is 2.25. The highest BCUT2D eigenvalue weighted by molar-refractivity contribution is 6.01. The van der Waals surface area contributed by atoms with Crippen LogP contribution in [0.5, 0.6) is 5.75 Å². The Labute approximate surface area is 127 Å². The van der Waals surface area contributed by atoms with Crippen molar-refractivity contribution >= 4 is 16.8 Å². The van der Waals surface area contributed by atoms with Crippen LogP contribution in [0.15, 0.2) is 24.4 Å². The molecule has 7 nitrogen and oxygen atoms in total. The minimum Gasteiger partial charge on any atom is -0.497 e. The number of hydrogen-bond donors (Lipinski definition) is 3. The van der Waals surface area contributed by atoms with Crippen molar-refractivity contribution in [2.24, 2.45) is 0 Å². The summed E-state index contributed by atoms with van der Waals surface area (Å²) in [7, 11) is 1.63. The van der Waals surface area contributed by atoms with Gasteiger partial charge in [-0.3, -0.25) is 4.79 Å². The topological polar surface area (TPSA) is 95.7 Å². The molecular formula is C15H17N5O2. The van der Waals surface area contributed by atoms with Crippen molar-refractivity contribution in [3.8, 4) is 5.75 Å². The van der Waals surface area contributed by atoms with Gasteiger partial charge in [-0.2, -0.15) is 15.4 Å². The first-order chi connectivity index (χ1) is 10.7. The zero-order chi connectivity index (χ0) is 15.5. The monoisotopic (exact) mass is 299 g/mol. The molecule has 0 fully saturated rings. The van der Waals surface area contributed by atoms with Gasteiger partial charge < -0.3 is 15.0 Å². The summed E-state index contributed by atoms with van der Waals surface area (Å²) in [5, 5.41) is 14.1. The number of aryl methyl sites for hydroxylation is 1. The van der Waals surface area contributed by atoms with Gasteiger partial charge in [-0.15, -0.1) is 0 Å². The predicted molar refractivity (Wildman–Crippen MR) is 82.0 cm³/mol. The van der Waals surface area contributed by atoms with E-state index >= 15 is 0 Å². The second kappa shape index (κ2) is 5.88. The number of H-pyrrole nitrogens is 2. The molecule has 114 valence electrons. The Bertz CT molecular complexity index is 792. The second-order valence-electron chi connectivity index (χ2n) is 5.00. The number of nitrogens with zero attached hydrogens (tertiary/aromatic N) is 2. The SMILES string of the molecule is COc1ccc2[nH]c(C(=O)NCCc3cn[nH]n3)c(C)c2c1. The van der Waals surface area contributed by atoms with E-state index in [-0.39, 0.29) is 5.91 Å². The summed E-state index contributed by atoms with van der Waals surface area (Å²) >= 11 is 0. The van der Waals surface area contributed by atoms with E-state index in [4.69, 9.17) is 4.74 Å². The van der Waals surface area contributed by atoms with Crippen molar-refractivity contribution in [1.29, 1.82) is 0 Å². The van der Waals surface area contributed by atoms with E-state index in [1.54, 1.807) is 13.3 Å². The molecule has 0 aliphatic rings. The normalized spacial score (nSPS) is 10.8. The maximum absolute atomic E-state index is 12.3. The molecule has 7 heteroatoms. The van der Waals surface area contributed by atoms with Gasteiger partial charge in [0.1, 0.15) is 11.4 Å². The number of amides is 1. The number of carbonyl (C=O) groups excluding carboxylic acids is 1. The number of methoxy groups -OCH3 is 1. The zero-order valence-corrected chi connectivity index (χ0v) is 12.4. The fourth-order valence-corrected chi connectivity index (χ4v) is 2.40. The molecule has 0 bridgehead atoms. The van der Waals surface area contributed by atoms with E-state index in [1.165, 1.54) is 0 Å². The number of rotatable bonds is 5. The third-order valence-corrected chi connectivity index (χ3v) is 3.62. The van der Waals surface area contributed by atoms with E-state index in [0.717, 1.165) is 27.9 Å². The number of benzene rings is 1. The van der Waals surface area contributed by atoms with Crippen LogP contribution in [0.3, 0.4) is 0 Å². The first-order valence-electron chi connectivity index (χ1n) is 6.98. The maximum atomic E-state index is 12.3. The highest BCUT2D eigenvalue weighted by atomic mass is 16.5. The van der Waals surface area contributed by atoms with E-state index in [2.05, 4.69) is 25.7 Å². The molecule has 1 amide bonds. The molecule has 3 N–H and O–H groups in total. The average Bonchev–Trinajstić information content (AvgIpc) is 3.15. The van der Waals surface area contributed by atoms with Crippen molar-refractivity contribution in [3.05, 3.63) is 41.3 Å². The number of carbonyl (C=O) groups is 1. The number of fused-ring (bicyclic) bond motifs is 1. The lowest BCUT2D eigenvalue weighted by molar-refractivity contribution is 0.0949. The van der Waals surface area contributed by atoms with Crippen LogP contribution in [0.2, 0.25) is 0 Å². The molecule has 3 rings (SSSR count). The van der Waals surface area contributed by atoms with Crippen LogP contribution in [0.1, 0.15) is 21.7 Å². The van der Waals surface area contributed by atoms with E-state index < -0.39 is 0 Å². The molecule has 0 atom stereocenters. The number of aromatic nitrogens is 4. The molecular weight excluding hydrogens is 282 g/mol. The minimum absolute atomic E-state index is 0.129. The van der Waals surface area contributed by atoms with Gasteiger partial charge in [0.2, 0.25) is 0 Å². The fourth-order valence-electron chi connectivity index (χ4n) is 2.40. The molecule has 22 heavy (non-hydrogen) atoms. The molecule has 0 radical (unpaired) electrons. The van der Waals surface area contributed by atoms with Crippen LogP contribution in [-0.4, -0.2) is 40.0 Å². The molecule has 0 aliphatic carbocycles. The summed E-state index contributed by atoms with van der Waals surface area (Å²) in [6.07, 6.45) is 2.28. The molecule has 0 saturated carbocycles. The van der Waals surface area contributed by atoms with Crippen molar-refractivity contribution in [2.75, 3.05) is 13.7 Å². The summed E-state index contributed by atoms with van der Waals surface area (Å²) in [6.45, 7) is 2.42. The fraction of sp³-hybridized carbons (Fsp3) is 0.267. The Balaban J connectivity index is 1.74. The van der Waals surface area contributed by atoms with Gasteiger partial charge in [-0.1, -0.05) is 0 Å². The predicted octanol–water partition coefficient (Wildman–Crippen LogP) is 1.58. The Morgan fingerprint density at radius 3 is 3.00 bits per heavy atom. The molecule has 0 unspecified atom stereocenters. The van der Waals surface area contributed by atoms with Gasteiger partial charge >= 0.3 is 0 Å². The van der Waals surface area contributed by atoms with Crippen LogP contribution in [0, 0.1) is 6.92 Å². The third-order valence-electron chi connectivity index (χ3n) is 3.62. The molecule has 0 spiro atoms. The Morgan fingerprint density at radius 2 is 2.27 bits per heavy atom. The first-order valence-corrected chi connectivity index (χ1v) is 6.98. The minimum atomic E-state index is -0.129. The first kappa shape index (κ1) is 14.1. The molecule has 0 aliphatic heterocycles. The number of aromatic amines is 2. The van der Waals surface area contributed by atoms with Gasteiger partial charge in [0.05, 0.1) is 19.0 Å². The Hall–Kier alpha value is -2.83. The van der Waals surface area contributed by atoms with Gasteiger partial charge in [-0.05, 0) is 30.7 Å². The lowest BCUT2D eigenvalue weighted by atomic mass is 10.1. The third kappa shape index (κ3) is 2.65. The highest BCUT2D eigenvalue weighted by Gasteiger charge is 2.15. The summed E-state index contributed by atoms with van der Waals surface area (Å²) in [4.78, 5) is 15.5. The lowest BCUT2D eigenvalue weighted by Crippen LogP contribution is -2.26. The molecule has 2 heterocycles. The van der Waals surface area contributed by atoms with E-state index in [9.17, 15) is 4.79 Å². The average molecular weight is 299 g/mol. The van der Waals surface area contributed by atoms with Gasteiger partial charge in [0.15, 0.2) is 0 Å². The van der Waals surface area contributed by atoms with Crippen molar-refractivity contribution in [3.63, 3.8) is 0 Å². The van der Waals surface area contributed by atoms with Gasteiger partial charge in [0.25, 0.3) is 5.91 Å². The van der Waals surface area contributed by atoms with E-state index in [1.807, 2.05) is 25.1 Å². The summed E-state index contributed by atoms with van der Waals surface area (Å²) in [5.41, 5.74) is 3.22. The van der Waals surface area contributed by atoms with Gasteiger partial charge in [0, 0.05) is 23.9 Å². The van der Waals surface area contributed by atoms with Crippen molar-refractivity contribution in [2.45, 2.75) is 13.3 Å². The largest absolute Gasteiger partial charge is 0.497 e. The second-order valence-corrected chi connectivity index (χ2v) is 5.00. The zero-order valence-electron chi connectivity index (χ0n) is 12.4. The van der Waals surface area contributed by atoms with Gasteiger partial charge in [-0.25, -0.2) is 0 Å². The standard InChI is InChI=1S/C15H17N5O2/c1-9-12-7-11(22-2)3-4-13(12)18-14(9)15(21)16-6-5-10-8-17-20-19-10/h3-4,7-8,18H,5-6H2,1-2H3,(H,16,21)(H,17,19,20). The summed E-state index contributed by atoms with van der Waals surface area (Å²) in [6, 6.07) is 5.70. The summed E-state index contributed by atoms with van der Waals surface area (Å²) < 4.78 is 5.22. The molecule has 2 aromatic heterocycles. The quantitative estimate of drug-likeness (QED) is 0.666. The molecule has 1 aromatic carbocycles. The smallest absolute Gasteiger partial charge is 0.268 e. The number of nitrogens with one attached hydrogen (secondary N) is 3. The Morgan fingerprint density at radius 1 is 1.41 bits per heavy atom. The number of hydrogen-bond acceptors (Lipinski definition) is 4. The lowest BCUT2D eigenvalue weighted by Gasteiger charge is -2.03. The van der Waals surface area contributed by atoms with Crippen LogP contribution >= 0.6 is 0 Å². The van der Waals surface area contributed by atoms with Crippen LogP contribution < -0.4 is 10.1 Å². The maximum Gasteiger partial charge on any atom is 0.268 e. The van der Waals surface area contributed by atoms with Crippen molar-refractivity contribution < 1.29 is 9.53 Å². The molecule has 0 saturated heterocycles. The van der Waals surface area contributed by atoms with E-state index in [0.29, 0.717) is 18.7 Å². The van der Waals surface area contributed by atoms with Crippen LogP contribution in [0.4, 0.5) is 0 Å². The van der Waals surface area contributed by atoms with Crippen molar-refractivity contribution in [1.82, 2.24) is 25.7 Å². The molecule has 3 aromatic rings. The number of ether oxygens (including phenoxy) is 1.